The number of carbonyl (C=O) groups excluding carboxylic acids is 8. The summed E-state index contributed by atoms with van der Waals surface area (Å²) in [4.78, 5) is 107. The van der Waals surface area contributed by atoms with Crippen LogP contribution in [-0.2, 0) is 54.3 Å². The molecule has 25 nitrogen and oxygen atoms in total. The second kappa shape index (κ2) is 28.7. The van der Waals surface area contributed by atoms with Crippen LogP contribution >= 0.6 is 0 Å². The van der Waals surface area contributed by atoms with E-state index >= 15 is 0 Å². The SMILES string of the molecule is CC[C@H](C)[C@H](NC(=O)[C@H](Cc1ccc(O)cc1)NC(C)=O)C(=O)NCC(=O)N[C@@H](CO)C(=O)N[C@@H](CCCN=C(N)N)C(=O)NCCC(=O)NCC(=O)N[C@H]1C(OC)O[C@H](CO)C(C)[C@@H]1O. The Balaban J connectivity index is 1.98. The number of nitrogens with zero attached hydrogens (tertiary/aromatic N) is 1. The van der Waals surface area contributed by atoms with Crippen LogP contribution in [0.1, 0.15) is 58.9 Å². The van der Waals surface area contributed by atoms with Gasteiger partial charge in [0, 0.05) is 45.9 Å². The van der Waals surface area contributed by atoms with E-state index in [4.69, 9.17) is 20.9 Å². The summed E-state index contributed by atoms with van der Waals surface area (Å²) in [5, 5.41) is 59.6. The summed E-state index contributed by atoms with van der Waals surface area (Å²) in [6.45, 7) is 3.70. The summed E-state index contributed by atoms with van der Waals surface area (Å²) in [5.74, 6) is -7.05. The molecule has 25 heteroatoms. The smallest absolute Gasteiger partial charge is 0.245 e. The number of nitrogens with two attached hydrogens (primary N) is 2. The van der Waals surface area contributed by atoms with E-state index in [2.05, 4.69) is 47.5 Å². The lowest BCUT2D eigenvalue weighted by molar-refractivity contribution is -0.245. The van der Waals surface area contributed by atoms with E-state index in [1.54, 1.807) is 32.9 Å². The Labute approximate surface area is 382 Å². The normalized spacial score (nSPS) is 20.1. The summed E-state index contributed by atoms with van der Waals surface area (Å²) < 4.78 is 10.8. The lowest BCUT2D eigenvalue weighted by Gasteiger charge is -2.42. The highest BCUT2D eigenvalue weighted by Gasteiger charge is 2.43. The number of guanidine groups is 1. The number of phenolic OH excluding ortho intramolecular Hbond substituents is 1. The van der Waals surface area contributed by atoms with Gasteiger partial charge >= 0.3 is 0 Å². The van der Waals surface area contributed by atoms with Crippen molar-refractivity contribution in [3.05, 3.63) is 29.8 Å². The van der Waals surface area contributed by atoms with Crippen molar-refractivity contribution in [2.75, 3.05) is 46.5 Å². The number of rotatable bonds is 27. The number of nitrogens with one attached hydrogen (secondary N) is 8. The molecular formula is C41H67N11O14. The van der Waals surface area contributed by atoms with E-state index in [0.29, 0.717) is 12.0 Å². The third-order valence-electron chi connectivity index (χ3n) is 10.6. The number of ether oxygens (including phenoxy) is 2. The Morgan fingerprint density at radius 2 is 1.48 bits per heavy atom. The Hall–Kier alpha value is -6.15. The molecule has 0 radical (unpaired) electrons. The van der Waals surface area contributed by atoms with E-state index in [-0.39, 0.29) is 57.1 Å². The fourth-order valence-electron chi connectivity index (χ4n) is 6.62. The average Bonchev–Trinajstić information content (AvgIpc) is 3.28. The lowest BCUT2D eigenvalue weighted by atomic mass is 9.89. The van der Waals surface area contributed by atoms with E-state index < -0.39 is 127 Å². The van der Waals surface area contributed by atoms with Crippen LogP contribution in [0.3, 0.4) is 0 Å². The quantitative estimate of drug-likeness (QED) is 0.0222. The third-order valence-corrected chi connectivity index (χ3v) is 10.6. The number of methoxy groups -OCH3 is 1. The number of phenols is 1. The predicted molar refractivity (Wildman–Crippen MR) is 235 cm³/mol. The van der Waals surface area contributed by atoms with Crippen LogP contribution in [0.15, 0.2) is 29.3 Å². The molecule has 66 heavy (non-hydrogen) atoms. The molecule has 10 atom stereocenters. The van der Waals surface area contributed by atoms with Gasteiger partial charge in [-0.3, -0.25) is 43.3 Å². The molecule has 1 aromatic carbocycles. The van der Waals surface area contributed by atoms with Gasteiger partial charge in [0.05, 0.1) is 38.5 Å². The molecular weight excluding hydrogens is 871 g/mol. The first kappa shape index (κ1) is 56.0. The van der Waals surface area contributed by atoms with Crippen molar-refractivity contribution in [1.82, 2.24) is 42.5 Å². The maximum absolute atomic E-state index is 13.4. The number of benzene rings is 1. The van der Waals surface area contributed by atoms with Crippen molar-refractivity contribution in [2.24, 2.45) is 28.3 Å². The van der Waals surface area contributed by atoms with Crippen LogP contribution in [0.25, 0.3) is 0 Å². The van der Waals surface area contributed by atoms with E-state index in [1.807, 2.05) is 0 Å². The van der Waals surface area contributed by atoms with Gasteiger partial charge in [0.25, 0.3) is 0 Å². The summed E-state index contributed by atoms with van der Waals surface area (Å²) in [5.41, 5.74) is 11.4. The Morgan fingerprint density at radius 1 is 0.833 bits per heavy atom. The number of amides is 8. The first-order chi connectivity index (χ1) is 31.2. The fourth-order valence-corrected chi connectivity index (χ4v) is 6.62. The number of carbonyl (C=O) groups is 8. The van der Waals surface area contributed by atoms with Gasteiger partial charge in [0.2, 0.25) is 47.3 Å². The van der Waals surface area contributed by atoms with Gasteiger partial charge in [0.1, 0.15) is 36.0 Å². The number of aliphatic imine (C=N–C) groups is 1. The van der Waals surface area contributed by atoms with Crippen molar-refractivity contribution in [2.45, 2.75) is 109 Å². The van der Waals surface area contributed by atoms with Gasteiger partial charge in [0.15, 0.2) is 12.2 Å². The minimum Gasteiger partial charge on any atom is -0.508 e. The van der Waals surface area contributed by atoms with Gasteiger partial charge in [-0.15, -0.1) is 0 Å². The molecule has 1 heterocycles. The Kier molecular flexibility index (Phi) is 24.3. The summed E-state index contributed by atoms with van der Waals surface area (Å²) in [7, 11) is 1.30. The molecule has 0 aliphatic carbocycles. The molecule has 1 aromatic rings. The van der Waals surface area contributed by atoms with Gasteiger partial charge in [-0.25, -0.2) is 0 Å². The van der Waals surface area contributed by atoms with Crippen LogP contribution in [0.2, 0.25) is 0 Å². The molecule has 8 amide bonds. The molecule has 0 aromatic heterocycles. The van der Waals surface area contributed by atoms with Crippen molar-refractivity contribution < 1.29 is 68.3 Å². The molecule has 2 unspecified atom stereocenters. The van der Waals surface area contributed by atoms with Crippen LogP contribution < -0.4 is 54.0 Å². The van der Waals surface area contributed by atoms with E-state index in [0.717, 1.165) is 0 Å². The summed E-state index contributed by atoms with van der Waals surface area (Å²) >= 11 is 0. The number of hydrogen-bond acceptors (Lipinski definition) is 15. The summed E-state index contributed by atoms with van der Waals surface area (Å²) in [6.07, 6.45) is -2.57. The van der Waals surface area contributed by atoms with Crippen molar-refractivity contribution >= 4 is 53.2 Å². The number of aliphatic hydroxyl groups is 3. The first-order valence-corrected chi connectivity index (χ1v) is 21.4. The lowest BCUT2D eigenvalue weighted by Crippen LogP contribution is -2.62. The molecule has 1 aliphatic rings. The largest absolute Gasteiger partial charge is 0.508 e. The molecule has 0 spiro atoms. The van der Waals surface area contributed by atoms with Crippen LogP contribution in [-0.4, -0.2) is 169 Å². The van der Waals surface area contributed by atoms with E-state index in [1.165, 1.54) is 26.2 Å². The first-order valence-electron chi connectivity index (χ1n) is 21.4. The van der Waals surface area contributed by atoms with Gasteiger partial charge in [-0.1, -0.05) is 39.3 Å². The maximum Gasteiger partial charge on any atom is 0.245 e. The minimum absolute atomic E-state index is 0.00986. The van der Waals surface area contributed by atoms with Crippen LogP contribution in [0.4, 0.5) is 0 Å². The van der Waals surface area contributed by atoms with Crippen LogP contribution in [0.5, 0.6) is 5.75 Å². The topological polar surface area (TPSA) is 397 Å². The van der Waals surface area contributed by atoms with E-state index in [9.17, 15) is 58.8 Å². The standard InChI is InChI=1S/C41H67N11O14/c1-6-21(2)33(52-37(62)27(48-23(4)55)16-24-9-11-25(56)12-10-24)39(64)47-18-31(58)49-28(19-53)38(63)50-26(8-7-14-45-41(42)43)36(61)44-15-13-30(57)46-17-32(59)51-34-35(60)22(3)29(20-54)66-40(34)65-5/h9-12,21-22,26-29,33-35,40,53-54,56,60H,6-8,13-20H2,1-5H3,(H,44,61)(H,46,57)(H,47,64)(H,48,55)(H,49,58)(H,50,63)(H,51,59)(H,52,62)(H4,42,43,45)/t21-,22?,26-,27-,28-,29+,33-,34+,35-,40?/m0/s1. The Bertz CT molecular complexity index is 1820. The highest BCUT2D eigenvalue weighted by Crippen LogP contribution is 2.26. The minimum atomic E-state index is -1.59. The molecule has 0 bridgehead atoms. The second-order valence-corrected chi connectivity index (χ2v) is 15.7. The highest BCUT2D eigenvalue weighted by atomic mass is 16.7. The summed E-state index contributed by atoms with van der Waals surface area (Å²) in [6, 6.07) is -0.0993. The predicted octanol–water partition coefficient (Wildman–Crippen LogP) is -5.43. The number of aliphatic hydroxyl groups excluding tert-OH is 3. The zero-order valence-corrected chi connectivity index (χ0v) is 37.8. The number of aromatic hydroxyl groups is 1. The zero-order chi connectivity index (χ0) is 49.5. The molecule has 2 rings (SSSR count). The number of hydrogen-bond donors (Lipinski definition) is 14. The molecule has 16 N–H and O–H groups in total. The molecule has 370 valence electrons. The van der Waals surface area contributed by atoms with Gasteiger partial charge < -0.3 is 83.9 Å². The van der Waals surface area contributed by atoms with Gasteiger partial charge in [-0.05, 0) is 36.5 Å². The zero-order valence-electron chi connectivity index (χ0n) is 37.8. The third kappa shape index (κ3) is 19.1. The molecule has 1 fully saturated rings. The Morgan fingerprint density at radius 3 is 2.08 bits per heavy atom. The van der Waals surface area contributed by atoms with Crippen LogP contribution in [0, 0.1) is 11.8 Å². The molecule has 1 saturated heterocycles. The monoisotopic (exact) mass is 937 g/mol. The van der Waals surface area contributed by atoms with Crippen molar-refractivity contribution in [3.8, 4) is 5.75 Å². The van der Waals surface area contributed by atoms with Crippen molar-refractivity contribution in [1.29, 1.82) is 0 Å². The fraction of sp³-hybridized carbons (Fsp3) is 0.634. The maximum atomic E-state index is 13.4. The van der Waals surface area contributed by atoms with Crippen molar-refractivity contribution in [3.63, 3.8) is 0 Å². The highest BCUT2D eigenvalue weighted by molar-refractivity contribution is 5.95. The second-order valence-electron chi connectivity index (χ2n) is 15.7. The molecule has 1 aliphatic heterocycles. The van der Waals surface area contributed by atoms with Gasteiger partial charge in [-0.2, -0.15) is 0 Å². The molecule has 0 saturated carbocycles. The average molecular weight is 938 g/mol.